The molecule has 114 valence electrons. The number of nitrogens with zero attached hydrogens (tertiary/aromatic N) is 3. The Kier molecular flexibility index (Phi) is 7.13. The number of guanidine groups is 1. The van der Waals surface area contributed by atoms with E-state index in [2.05, 4.69) is 20.5 Å². The van der Waals surface area contributed by atoms with Crippen LogP contribution in [0.1, 0.15) is 11.3 Å². The van der Waals surface area contributed by atoms with E-state index in [0.29, 0.717) is 13.1 Å². The number of hydrogen-bond donors (Lipinski definition) is 2. The number of nitrogens with one attached hydrogen (secondary N) is 2. The number of halogens is 2. The molecular formula is C14H19FIN5. The quantitative estimate of drug-likeness (QED) is 0.468. The van der Waals surface area contributed by atoms with E-state index >= 15 is 0 Å². The van der Waals surface area contributed by atoms with Crippen molar-refractivity contribution in [2.24, 2.45) is 4.99 Å². The van der Waals surface area contributed by atoms with E-state index in [1.807, 2.05) is 18.0 Å². The Bertz CT molecular complexity index is 553. The van der Waals surface area contributed by atoms with Gasteiger partial charge in [0.1, 0.15) is 5.82 Å². The fourth-order valence-electron chi connectivity index (χ4n) is 1.88. The van der Waals surface area contributed by atoms with Crippen LogP contribution >= 0.6 is 24.0 Å². The Labute approximate surface area is 140 Å². The zero-order chi connectivity index (χ0) is 14.4. The topological polar surface area (TPSA) is 56.3 Å². The van der Waals surface area contributed by atoms with Crippen LogP contribution in [0.5, 0.6) is 0 Å². The van der Waals surface area contributed by atoms with Gasteiger partial charge >= 0.3 is 0 Å². The molecule has 0 aliphatic carbocycles. The van der Waals surface area contributed by atoms with Crippen molar-refractivity contribution in [2.75, 3.05) is 14.1 Å². The van der Waals surface area contributed by atoms with Gasteiger partial charge in [0, 0.05) is 26.8 Å². The number of aromatic amines is 1. The molecule has 0 spiro atoms. The van der Waals surface area contributed by atoms with Crippen LogP contribution in [0.25, 0.3) is 0 Å². The van der Waals surface area contributed by atoms with Gasteiger partial charge in [0.15, 0.2) is 5.96 Å². The molecular weight excluding hydrogens is 384 g/mol. The maximum Gasteiger partial charge on any atom is 0.194 e. The Morgan fingerprint density at radius 1 is 1.33 bits per heavy atom. The number of aromatic nitrogens is 2. The molecule has 7 heteroatoms. The molecule has 0 unspecified atom stereocenters. The molecule has 0 atom stereocenters. The summed E-state index contributed by atoms with van der Waals surface area (Å²) < 4.78 is 12.9. The minimum absolute atomic E-state index is 0. The van der Waals surface area contributed by atoms with Gasteiger partial charge in [0.2, 0.25) is 0 Å². The molecule has 0 bridgehead atoms. The maximum atomic E-state index is 12.9. The van der Waals surface area contributed by atoms with Gasteiger partial charge in [-0.1, -0.05) is 12.1 Å². The van der Waals surface area contributed by atoms with Gasteiger partial charge in [-0.3, -0.25) is 10.1 Å². The summed E-state index contributed by atoms with van der Waals surface area (Å²) in [6.45, 7) is 1.28. The van der Waals surface area contributed by atoms with E-state index in [1.165, 1.54) is 12.1 Å². The van der Waals surface area contributed by atoms with Crippen LogP contribution in [0.15, 0.2) is 41.5 Å². The highest BCUT2D eigenvalue weighted by Gasteiger charge is 2.07. The molecule has 0 aliphatic rings. The summed E-state index contributed by atoms with van der Waals surface area (Å²) in [7, 11) is 3.67. The van der Waals surface area contributed by atoms with Gasteiger partial charge in [0.25, 0.3) is 0 Å². The lowest BCUT2D eigenvalue weighted by Crippen LogP contribution is -2.38. The smallest absolute Gasteiger partial charge is 0.194 e. The zero-order valence-electron chi connectivity index (χ0n) is 12.0. The fourth-order valence-corrected chi connectivity index (χ4v) is 1.88. The molecule has 2 rings (SSSR count). The van der Waals surface area contributed by atoms with Crippen molar-refractivity contribution in [3.8, 4) is 0 Å². The molecule has 2 N–H and O–H groups in total. The van der Waals surface area contributed by atoms with Gasteiger partial charge in [-0.25, -0.2) is 4.39 Å². The van der Waals surface area contributed by atoms with Gasteiger partial charge in [0.05, 0.1) is 12.2 Å². The Morgan fingerprint density at radius 2 is 2.05 bits per heavy atom. The van der Waals surface area contributed by atoms with Crippen molar-refractivity contribution in [2.45, 2.75) is 13.1 Å². The Morgan fingerprint density at radius 3 is 2.62 bits per heavy atom. The van der Waals surface area contributed by atoms with Crippen molar-refractivity contribution in [3.05, 3.63) is 53.6 Å². The first-order valence-electron chi connectivity index (χ1n) is 6.33. The van der Waals surface area contributed by atoms with Crippen LogP contribution in [-0.4, -0.2) is 35.2 Å². The van der Waals surface area contributed by atoms with E-state index in [-0.39, 0.29) is 29.8 Å². The molecule has 0 saturated carbocycles. The molecule has 1 aromatic carbocycles. The van der Waals surface area contributed by atoms with Crippen molar-refractivity contribution >= 4 is 29.9 Å². The molecule has 0 aliphatic heterocycles. The lowest BCUT2D eigenvalue weighted by Gasteiger charge is -2.22. The third kappa shape index (κ3) is 5.33. The van der Waals surface area contributed by atoms with E-state index in [4.69, 9.17) is 0 Å². The highest BCUT2D eigenvalue weighted by molar-refractivity contribution is 14.0. The monoisotopic (exact) mass is 403 g/mol. The van der Waals surface area contributed by atoms with Gasteiger partial charge in [-0.05, 0) is 23.8 Å². The summed E-state index contributed by atoms with van der Waals surface area (Å²) in [5.41, 5.74) is 2.01. The average Bonchev–Trinajstić information content (AvgIpc) is 2.95. The van der Waals surface area contributed by atoms with Gasteiger partial charge in [-0.15, -0.1) is 24.0 Å². The molecule has 0 saturated heterocycles. The minimum atomic E-state index is -0.224. The standard InChI is InChI=1S/C14H18FN5.HI/c1-16-14(17-9-13-7-8-18-19-13)20(2)10-11-3-5-12(15)6-4-11;/h3-8H,9-10H2,1-2H3,(H,16,17)(H,18,19);1H. The highest BCUT2D eigenvalue weighted by atomic mass is 127. The third-order valence-electron chi connectivity index (χ3n) is 2.90. The summed E-state index contributed by atoms with van der Waals surface area (Å²) in [4.78, 5) is 6.20. The number of aliphatic imine (C=N–C) groups is 1. The second-order valence-electron chi connectivity index (χ2n) is 4.47. The molecule has 0 radical (unpaired) electrons. The van der Waals surface area contributed by atoms with Crippen LogP contribution in [0.4, 0.5) is 4.39 Å². The number of benzene rings is 1. The van der Waals surface area contributed by atoms with Crippen molar-refractivity contribution in [1.29, 1.82) is 0 Å². The van der Waals surface area contributed by atoms with Crippen LogP contribution < -0.4 is 5.32 Å². The van der Waals surface area contributed by atoms with E-state index in [9.17, 15) is 4.39 Å². The normalized spacial score (nSPS) is 10.9. The summed E-state index contributed by atoms with van der Waals surface area (Å²) in [5.74, 6) is 0.544. The first-order valence-corrected chi connectivity index (χ1v) is 6.33. The first-order chi connectivity index (χ1) is 9.69. The molecule has 5 nitrogen and oxygen atoms in total. The lowest BCUT2D eigenvalue weighted by molar-refractivity contribution is 0.475. The van der Waals surface area contributed by atoms with Crippen LogP contribution in [0.2, 0.25) is 0 Å². The third-order valence-corrected chi connectivity index (χ3v) is 2.90. The van der Waals surface area contributed by atoms with Crippen LogP contribution in [0, 0.1) is 5.82 Å². The maximum absolute atomic E-state index is 12.9. The molecule has 1 aromatic heterocycles. The number of rotatable bonds is 4. The van der Waals surface area contributed by atoms with Gasteiger partial charge in [-0.2, -0.15) is 5.10 Å². The second-order valence-corrected chi connectivity index (χ2v) is 4.47. The minimum Gasteiger partial charge on any atom is -0.351 e. The predicted octanol–water partition coefficient (Wildman–Crippen LogP) is 2.37. The summed E-state index contributed by atoms with van der Waals surface area (Å²) in [5, 5.41) is 10.0. The first kappa shape index (κ1) is 17.4. The van der Waals surface area contributed by atoms with Crippen molar-refractivity contribution < 1.29 is 4.39 Å². The molecule has 0 fully saturated rings. The number of hydrogen-bond acceptors (Lipinski definition) is 2. The Balaban J connectivity index is 0.00000220. The molecule has 2 aromatic rings. The lowest BCUT2D eigenvalue weighted by atomic mass is 10.2. The molecule has 1 heterocycles. The van der Waals surface area contributed by atoms with Crippen molar-refractivity contribution in [3.63, 3.8) is 0 Å². The largest absolute Gasteiger partial charge is 0.351 e. The van der Waals surface area contributed by atoms with E-state index in [1.54, 1.807) is 25.4 Å². The summed E-state index contributed by atoms with van der Waals surface area (Å²) in [6, 6.07) is 8.37. The second kappa shape index (κ2) is 8.60. The zero-order valence-corrected chi connectivity index (χ0v) is 14.3. The van der Waals surface area contributed by atoms with E-state index < -0.39 is 0 Å². The molecule has 21 heavy (non-hydrogen) atoms. The van der Waals surface area contributed by atoms with Crippen LogP contribution in [-0.2, 0) is 13.1 Å². The number of H-pyrrole nitrogens is 1. The van der Waals surface area contributed by atoms with Gasteiger partial charge < -0.3 is 10.2 Å². The predicted molar refractivity (Wildman–Crippen MR) is 92.1 cm³/mol. The summed E-state index contributed by atoms with van der Waals surface area (Å²) in [6.07, 6.45) is 1.71. The highest BCUT2D eigenvalue weighted by Crippen LogP contribution is 2.05. The SMILES string of the molecule is CN=C(NCc1ccn[nH]1)N(C)Cc1ccc(F)cc1.I. The molecule has 0 amide bonds. The van der Waals surface area contributed by atoms with E-state index in [0.717, 1.165) is 17.2 Å². The summed E-state index contributed by atoms with van der Waals surface area (Å²) >= 11 is 0. The Hall–Kier alpha value is -1.64. The average molecular weight is 403 g/mol. The van der Waals surface area contributed by atoms with Crippen molar-refractivity contribution in [1.82, 2.24) is 20.4 Å². The van der Waals surface area contributed by atoms with Crippen LogP contribution in [0.3, 0.4) is 0 Å². The fraction of sp³-hybridized carbons (Fsp3) is 0.286.